The maximum atomic E-state index is 12.7. The molecule has 0 saturated carbocycles. The summed E-state index contributed by atoms with van der Waals surface area (Å²) in [6.45, 7) is 2.92. The van der Waals surface area contributed by atoms with Gasteiger partial charge in [0.25, 0.3) is 5.56 Å². The van der Waals surface area contributed by atoms with Crippen molar-refractivity contribution < 1.29 is 4.74 Å². The minimum atomic E-state index is -0.194. The summed E-state index contributed by atoms with van der Waals surface area (Å²) in [5.74, 6) is 1.36. The number of benzene rings is 2. The highest BCUT2D eigenvalue weighted by atomic mass is 35.5. The van der Waals surface area contributed by atoms with Gasteiger partial charge in [0.2, 0.25) is 4.96 Å². The van der Waals surface area contributed by atoms with Crippen LogP contribution in [0, 0.1) is 0 Å². The zero-order valence-electron chi connectivity index (χ0n) is 16.7. The van der Waals surface area contributed by atoms with Crippen molar-refractivity contribution in [3.05, 3.63) is 74.0 Å². The van der Waals surface area contributed by atoms with Gasteiger partial charge in [0.1, 0.15) is 5.75 Å². The van der Waals surface area contributed by atoms with Crippen LogP contribution in [0.2, 0.25) is 5.02 Å². The van der Waals surface area contributed by atoms with Gasteiger partial charge in [-0.15, -0.1) is 5.10 Å². The van der Waals surface area contributed by atoms with Gasteiger partial charge in [-0.2, -0.15) is 9.50 Å². The number of aromatic nitrogens is 3. The van der Waals surface area contributed by atoms with Gasteiger partial charge in [0.05, 0.1) is 11.1 Å². The molecule has 2 aromatic carbocycles. The molecule has 0 amide bonds. The van der Waals surface area contributed by atoms with Gasteiger partial charge in [-0.05, 0) is 48.4 Å². The number of hydrogen-bond acceptors (Lipinski definition) is 5. The van der Waals surface area contributed by atoms with Crippen LogP contribution in [0.1, 0.15) is 38.2 Å². The maximum Gasteiger partial charge on any atom is 0.291 e. The van der Waals surface area contributed by atoms with Crippen LogP contribution in [0.3, 0.4) is 0 Å². The molecule has 4 rings (SSSR count). The highest BCUT2D eigenvalue weighted by Gasteiger charge is 2.12. The molecule has 0 aliphatic carbocycles. The van der Waals surface area contributed by atoms with Crippen LogP contribution in [0.25, 0.3) is 22.4 Å². The highest BCUT2D eigenvalue weighted by Crippen LogP contribution is 2.21. The van der Waals surface area contributed by atoms with E-state index >= 15 is 0 Å². The predicted molar refractivity (Wildman–Crippen MR) is 122 cm³/mol. The number of hydrogen-bond donors (Lipinski definition) is 0. The fourth-order valence-corrected chi connectivity index (χ4v) is 4.20. The Kier molecular flexibility index (Phi) is 6.45. The van der Waals surface area contributed by atoms with E-state index in [0.717, 1.165) is 29.9 Å². The quantitative estimate of drug-likeness (QED) is 0.363. The summed E-state index contributed by atoms with van der Waals surface area (Å²) < 4.78 is 7.68. The molecule has 0 fully saturated rings. The Hall–Kier alpha value is -2.70. The smallest absolute Gasteiger partial charge is 0.291 e. The third-order valence-electron chi connectivity index (χ3n) is 4.75. The van der Waals surface area contributed by atoms with E-state index in [4.69, 9.17) is 16.3 Å². The third-order valence-corrected chi connectivity index (χ3v) is 6.06. The van der Waals surface area contributed by atoms with Crippen LogP contribution in [-0.4, -0.2) is 21.2 Å². The Bertz CT molecular complexity index is 1250. The van der Waals surface area contributed by atoms with Gasteiger partial charge < -0.3 is 4.74 Å². The maximum absolute atomic E-state index is 12.7. The average molecular weight is 440 g/mol. The van der Waals surface area contributed by atoms with E-state index in [0.29, 0.717) is 20.3 Å². The second-order valence-electron chi connectivity index (χ2n) is 7.00. The second kappa shape index (κ2) is 9.41. The molecule has 2 aromatic heterocycles. The van der Waals surface area contributed by atoms with Gasteiger partial charge in [-0.25, -0.2) is 0 Å². The van der Waals surface area contributed by atoms with Gasteiger partial charge in [0, 0.05) is 10.6 Å². The van der Waals surface area contributed by atoms with Gasteiger partial charge in [-0.1, -0.05) is 67.3 Å². The SMILES string of the molecule is CCCCCCOc1ccc(-c2nc3sc(=Cc4ccccc4Cl)c(=O)n3n2)cc1. The second-order valence-corrected chi connectivity index (χ2v) is 8.42. The van der Waals surface area contributed by atoms with E-state index in [1.54, 1.807) is 12.1 Å². The predicted octanol–water partition coefficient (Wildman–Crippen LogP) is 4.98. The van der Waals surface area contributed by atoms with E-state index in [9.17, 15) is 4.79 Å². The van der Waals surface area contributed by atoms with Gasteiger partial charge in [-0.3, -0.25) is 4.79 Å². The zero-order chi connectivity index (χ0) is 20.9. The van der Waals surface area contributed by atoms with Crippen molar-refractivity contribution in [2.45, 2.75) is 32.6 Å². The topological polar surface area (TPSA) is 56.5 Å². The molecule has 0 aliphatic heterocycles. The van der Waals surface area contributed by atoms with E-state index in [1.807, 2.05) is 42.5 Å². The standard InChI is InChI=1S/C23H22ClN3O2S/c1-2-3-4-7-14-29-18-12-10-16(11-13-18)21-25-23-27(26-21)22(28)20(30-23)15-17-8-5-6-9-19(17)24/h5-6,8-13,15H,2-4,7,14H2,1H3. The molecule has 7 heteroatoms. The highest BCUT2D eigenvalue weighted by molar-refractivity contribution is 7.15. The van der Waals surface area contributed by atoms with Crippen LogP contribution >= 0.6 is 22.9 Å². The first-order valence-electron chi connectivity index (χ1n) is 10.0. The van der Waals surface area contributed by atoms with E-state index < -0.39 is 0 Å². The lowest BCUT2D eigenvalue weighted by Gasteiger charge is -2.06. The van der Waals surface area contributed by atoms with Crippen molar-refractivity contribution in [2.75, 3.05) is 6.61 Å². The number of rotatable bonds is 8. The Morgan fingerprint density at radius 3 is 2.63 bits per heavy atom. The first-order chi connectivity index (χ1) is 14.7. The minimum absolute atomic E-state index is 0.194. The average Bonchev–Trinajstić information content (AvgIpc) is 3.30. The van der Waals surface area contributed by atoms with Crippen LogP contribution in [0.5, 0.6) is 5.75 Å². The van der Waals surface area contributed by atoms with Gasteiger partial charge >= 0.3 is 0 Å². The van der Waals surface area contributed by atoms with Crippen molar-refractivity contribution in [3.63, 3.8) is 0 Å². The molecule has 0 N–H and O–H groups in total. The fraction of sp³-hybridized carbons (Fsp3) is 0.261. The molecule has 5 nitrogen and oxygen atoms in total. The van der Waals surface area contributed by atoms with Crippen molar-refractivity contribution in [3.8, 4) is 17.1 Å². The molecule has 0 saturated heterocycles. The van der Waals surface area contributed by atoms with Crippen LogP contribution in [0.4, 0.5) is 0 Å². The summed E-state index contributed by atoms with van der Waals surface area (Å²) in [6, 6.07) is 15.1. The number of fused-ring (bicyclic) bond motifs is 1. The third kappa shape index (κ3) is 4.55. The fourth-order valence-electron chi connectivity index (χ4n) is 3.11. The number of unbranched alkanes of at least 4 members (excludes halogenated alkanes) is 3. The molecule has 154 valence electrons. The molecule has 0 atom stereocenters. The van der Waals surface area contributed by atoms with Crippen molar-refractivity contribution >= 4 is 34.0 Å². The molecule has 2 heterocycles. The monoisotopic (exact) mass is 439 g/mol. The summed E-state index contributed by atoms with van der Waals surface area (Å²) in [7, 11) is 0. The van der Waals surface area contributed by atoms with Crippen molar-refractivity contribution in [1.82, 2.24) is 14.6 Å². The lowest BCUT2D eigenvalue weighted by atomic mass is 10.2. The molecule has 0 bridgehead atoms. The Balaban J connectivity index is 1.52. The zero-order valence-corrected chi connectivity index (χ0v) is 18.2. The minimum Gasteiger partial charge on any atom is -0.494 e. The summed E-state index contributed by atoms with van der Waals surface area (Å²) in [4.78, 5) is 17.8. The summed E-state index contributed by atoms with van der Waals surface area (Å²) in [6.07, 6.45) is 6.49. The summed E-state index contributed by atoms with van der Waals surface area (Å²) in [5.41, 5.74) is 1.45. The van der Waals surface area contributed by atoms with E-state index in [-0.39, 0.29) is 5.56 Å². The van der Waals surface area contributed by atoms with E-state index in [1.165, 1.54) is 35.1 Å². The number of halogens is 1. The molecule has 30 heavy (non-hydrogen) atoms. The van der Waals surface area contributed by atoms with Crippen molar-refractivity contribution in [1.29, 1.82) is 0 Å². The normalized spacial score (nSPS) is 12.0. The molecule has 0 spiro atoms. The molecular formula is C23H22ClN3O2S. The summed E-state index contributed by atoms with van der Waals surface area (Å²) in [5, 5.41) is 5.00. The molecule has 0 unspecified atom stereocenters. The number of nitrogens with zero attached hydrogens (tertiary/aromatic N) is 3. The molecular weight excluding hydrogens is 418 g/mol. The summed E-state index contributed by atoms with van der Waals surface area (Å²) >= 11 is 7.50. The van der Waals surface area contributed by atoms with E-state index in [2.05, 4.69) is 17.0 Å². The first kappa shape index (κ1) is 20.6. The first-order valence-corrected chi connectivity index (χ1v) is 11.2. The Morgan fingerprint density at radius 2 is 1.90 bits per heavy atom. The van der Waals surface area contributed by atoms with Crippen LogP contribution in [0.15, 0.2) is 53.3 Å². The lowest BCUT2D eigenvalue weighted by Crippen LogP contribution is -2.23. The lowest BCUT2D eigenvalue weighted by molar-refractivity contribution is 0.305. The Labute approximate surface area is 183 Å². The molecule has 0 radical (unpaired) electrons. The molecule has 4 aromatic rings. The van der Waals surface area contributed by atoms with Crippen LogP contribution in [-0.2, 0) is 0 Å². The van der Waals surface area contributed by atoms with Crippen LogP contribution < -0.4 is 14.8 Å². The Morgan fingerprint density at radius 1 is 1.10 bits per heavy atom. The molecule has 0 aliphatic rings. The number of ether oxygens (including phenoxy) is 1. The largest absolute Gasteiger partial charge is 0.494 e. The van der Waals surface area contributed by atoms with Gasteiger partial charge in [0.15, 0.2) is 5.82 Å². The number of thiazole rings is 1. The van der Waals surface area contributed by atoms with Crippen molar-refractivity contribution in [2.24, 2.45) is 0 Å².